The van der Waals surface area contributed by atoms with Crippen molar-refractivity contribution in [2.45, 2.75) is 13.3 Å². The number of hydrogen-bond acceptors (Lipinski definition) is 2. The van der Waals surface area contributed by atoms with Gasteiger partial charge in [0.1, 0.15) is 18.2 Å². The highest BCUT2D eigenvalue weighted by Gasteiger charge is 2.24. The van der Waals surface area contributed by atoms with Crippen molar-refractivity contribution in [3.05, 3.63) is 59.4 Å². The number of ether oxygens (including phenoxy) is 1. The highest BCUT2D eigenvalue weighted by Crippen LogP contribution is 2.32. The van der Waals surface area contributed by atoms with E-state index >= 15 is 0 Å². The van der Waals surface area contributed by atoms with Gasteiger partial charge in [0.25, 0.3) is 0 Å². The Morgan fingerprint density at radius 1 is 1.29 bits per heavy atom. The van der Waals surface area contributed by atoms with E-state index in [1.807, 2.05) is 31.2 Å². The average Bonchev–Trinajstić information content (AvgIpc) is 2.46. The molecule has 0 fully saturated rings. The summed E-state index contributed by atoms with van der Waals surface area (Å²) in [6.07, 6.45) is 0.303. The van der Waals surface area contributed by atoms with Gasteiger partial charge >= 0.3 is 0 Å². The number of rotatable bonds is 2. The predicted molar refractivity (Wildman–Crippen MR) is 79.1 cm³/mol. The first kappa shape index (κ1) is 13.6. The lowest BCUT2D eigenvalue weighted by Gasteiger charge is -2.29. The van der Waals surface area contributed by atoms with Gasteiger partial charge in [0.2, 0.25) is 5.91 Å². The maximum Gasteiger partial charge on any atom is 0.231 e. The highest BCUT2D eigenvalue weighted by molar-refractivity contribution is 5.96. The second kappa shape index (κ2) is 5.56. The summed E-state index contributed by atoms with van der Waals surface area (Å²) in [7, 11) is 0. The molecule has 1 heterocycles. The molecule has 3 rings (SSSR count). The second-order valence-corrected chi connectivity index (χ2v) is 5.17. The molecule has 0 saturated carbocycles. The van der Waals surface area contributed by atoms with Crippen molar-refractivity contribution in [3.63, 3.8) is 0 Å². The van der Waals surface area contributed by atoms with Gasteiger partial charge in [-0.25, -0.2) is 4.39 Å². The molecule has 0 atom stereocenters. The maximum absolute atomic E-state index is 13.4. The molecule has 4 heteroatoms. The van der Waals surface area contributed by atoms with Crippen LogP contribution in [0.5, 0.6) is 5.75 Å². The van der Waals surface area contributed by atoms with Gasteiger partial charge in [-0.2, -0.15) is 0 Å². The van der Waals surface area contributed by atoms with Crippen LogP contribution < -0.4 is 9.64 Å². The van der Waals surface area contributed by atoms with Crippen LogP contribution in [-0.4, -0.2) is 19.1 Å². The van der Waals surface area contributed by atoms with Crippen molar-refractivity contribution < 1.29 is 13.9 Å². The van der Waals surface area contributed by atoms with Crippen LogP contribution in [0, 0.1) is 12.7 Å². The normalized spacial score (nSPS) is 13.5. The number of halogens is 1. The zero-order valence-electron chi connectivity index (χ0n) is 11.8. The molecule has 3 nitrogen and oxygen atoms in total. The second-order valence-electron chi connectivity index (χ2n) is 5.17. The number of carbonyl (C=O) groups excluding carboxylic acids is 1. The fourth-order valence-electron chi connectivity index (χ4n) is 2.54. The van der Waals surface area contributed by atoms with Gasteiger partial charge in [-0.1, -0.05) is 29.8 Å². The van der Waals surface area contributed by atoms with Crippen molar-refractivity contribution in [1.82, 2.24) is 0 Å². The smallest absolute Gasteiger partial charge is 0.231 e. The number of aryl methyl sites for hydroxylation is 1. The number of carbonyl (C=O) groups is 1. The Bertz CT molecular complexity index is 684. The summed E-state index contributed by atoms with van der Waals surface area (Å²) in [5, 5.41) is 0. The van der Waals surface area contributed by atoms with E-state index in [9.17, 15) is 9.18 Å². The van der Waals surface area contributed by atoms with Gasteiger partial charge in [0, 0.05) is 6.07 Å². The molecule has 0 unspecified atom stereocenters. The minimum Gasteiger partial charge on any atom is -0.490 e. The van der Waals surface area contributed by atoms with Crippen molar-refractivity contribution in [1.29, 1.82) is 0 Å². The summed E-state index contributed by atoms with van der Waals surface area (Å²) in [5.41, 5.74) is 2.59. The van der Waals surface area contributed by atoms with E-state index in [-0.39, 0.29) is 11.7 Å². The van der Waals surface area contributed by atoms with E-state index in [0.717, 1.165) is 11.1 Å². The van der Waals surface area contributed by atoms with Crippen molar-refractivity contribution in [2.75, 3.05) is 18.1 Å². The fraction of sp³-hybridized carbons (Fsp3) is 0.235. The van der Waals surface area contributed by atoms with Gasteiger partial charge in [-0.15, -0.1) is 0 Å². The number of nitrogens with zero attached hydrogens (tertiary/aromatic N) is 1. The first-order valence-corrected chi connectivity index (χ1v) is 6.92. The lowest BCUT2D eigenvalue weighted by atomic mass is 10.1. The van der Waals surface area contributed by atoms with Crippen LogP contribution in [0.4, 0.5) is 10.1 Å². The Hall–Kier alpha value is -2.36. The standard InChI is InChI=1S/C17H16FNO2/c1-12-3-2-4-13(9-12)10-17(20)19-7-8-21-16-6-5-14(18)11-15(16)19/h2-6,9,11H,7-8,10H2,1H3. The van der Waals surface area contributed by atoms with Gasteiger partial charge in [0.15, 0.2) is 0 Å². The van der Waals surface area contributed by atoms with Crippen LogP contribution in [0.15, 0.2) is 42.5 Å². The number of hydrogen-bond donors (Lipinski definition) is 0. The largest absolute Gasteiger partial charge is 0.490 e. The molecule has 1 amide bonds. The van der Waals surface area contributed by atoms with Crippen LogP contribution >= 0.6 is 0 Å². The van der Waals surface area contributed by atoms with Gasteiger partial charge in [0.05, 0.1) is 18.7 Å². The van der Waals surface area contributed by atoms with Crippen LogP contribution in [0.2, 0.25) is 0 Å². The van der Waals surface area contributed by atoms with Crippen LogP contribution in [-0.2, 0) is 11.2 Å². The quantitative estimate of drug-likeness (QED) is 0.848. The molecule has 0 aromatic heterocycles. The van der Waals surface area contributed by atoms with Gasteiger partial charge in [-0.3, -0.25) is 4.79 Å². The minimum absolute atomic E-state index is 0.0456. The molecule has 0 saturated heterocycles. The minimum atomic E-state index is -0.368. The molecule has 2 aromatic rings. The molecular weight excluding hydrogens is 269 g/mol. The zero-order valence-corrected chi connectivity index (χ0v) is 11.8. The van der Waals surface area contributed by atoms with E-state index < -0.39 is 0 Å². The van der Waals surface area contributed by atoms with E-state index in [0.29, 0.717) is 31.0 Å². The van der Waals surface area contributed by atoms with Gasteiger partial charge < -0.3 is 9.64 Å². The Morgan fingerprint density at radius 3 is 2.95 bits per heavy atom. The van der Waals surface area contributed by atoms with Crippen LogP contribution in [0.1, 0.15) is 11.1 Å². The third-order valence-electron chi connectivity index (χ3n) is 3.52. The Labute approximate surface area is 123 Å². The summed E-state index contributed by atoms with van der Waals surface area (Å²) in [6.45, 7) is 2.87. The number of anilines is 1. The molecule has 0 radical (unpaired) electrons. The van der Waals surface area contributed by atoms with Crippen molar-refractivity contribution >= 4 is 11.6 Å². The molecule has 1 aliphatic heterocycles. The summed E-state index contributed by atoms with van der Waals surface area (Å²) in [6, 6.07) is 12.1. The summed E-state index contributed by atoms with van der Waals surface area (Å²) in [4.78, 5) is 14.1. The van der Waals surface area contributed by atoms with Crippen molar-refractivity contribution in [2.24, 2.45) is 0 Å². The predicted octanol–water partition coefficient (Wildman–Crippen LogP) is 3.10. The van der Waals surface area contributed by atoms with Gasteiger partial charge in [-0.05, 0) is 24.6 Å². The fourth-order valence-corrected chi connectivity index (χ4v) is 2.54. The molecule has 0 spiro atoms. The van der Waals surface area contributed by atoms with Crippen molar-refractivity contribution in [3.8, 4) is 5.75 Å². The van der Waals surface area contributed by atoms with Crippen LogP contribution in [0.3, 0.4) is 0 Å². The summed E-state index contributed by atoms with van der Waals surface area (Å²) in [5.74, 6) is 0.142. The third-order valence-corrected chi connectivity index (χ3v) is 3.52. The monoisotopic (exact) mass is 285 g/mol. The third kappa shape index (κ3) is 2.89. The molecule has 0 bridgehead atoms. The lowest BCUT2D eigenvalue weighted by Crippen LogP contribution is -2.38. The van der Waals surface area contributed by atoms with E-state index in [1.54, 1.807) is 11.0 Å². The number of amides is 1. The first-order valence-electron chi connectivity index (χ1n) is 6.92. The molecule has 0 N–H and O–H groups in total. The highest BCUT2D eigenvalue weighted by atomic mass is 19.1. The molecular formula is C17H16FNO2. The molecule has 1 aliphatic rings. The number of benzene rings is 2. The SMILES string of the molecule is Cc1cccc(CC(=O)N2CCOc3ccc(F)cc32)c1. The van der Waals surface area contributed by atoms with E-state index in [1.165, 1.54) is 12.1 Å². The zero-order chi connectivity index (χ0) is 14.8. The maximum atomic E-state index is 13.4. The molecule has 108 valence electrons. The average molecular weight is 285 g/mol. The molecule has 0 aliphatic carbocycles. The Morgan fingerprint density at radius 2 is 2.14 bits per heavy atom. The Balaban J connectivity index is 1.85. The summed E-state index contributed by atoms with van der Waals surface area (Å²) < 4.78 is 18.9. The summed E-state index contributed by atoms with van der Waals surface area (Å²) >= 11 is 0. The lowest BCUT2D eigenvalue weighted by molar-refractivity contribution is -0.118. The molecule has 21 heavy (non-hydrogen) atoms. The van der Waals surface area contributed by atoms with E-state index in [2.05, 4.69) is 0 Å². The van der Waals surface area contributed by atoms with E-state index in [4.69, 9.17) is 4.74 Å². The van der Waals surface area contributed by atoms with Crippen LogP contribution in [0.25, 0.3) is 0 Å². The topological polar surface area (TPSA) is 29.5 Å². The first-order chi connectivity index (χ1) is 10.1. The number of fused-ring (bicyclic) bond motifs is 1. The Kier molecular flexibility index (Phi) is 3.60. The molecule has 2 aromatic carbocycles.